The van der Waals surface area contributed by atoms with Crippen molar-refractivity contribution in [2.24, 2.45) is 5.92 Å². The van der Waals surface area contributed by atoms with Gasteiger partial charge in [0, 0.05) is 11.8 Å². The molecule has 0 aliphatic carbocycles. The summed E-state index contributed by atoms with van der Waals surface area (Å²) in [6, 6.07) is 9.32. The van der Waals surface area contributed by atoms with E-state index in [1.165, 1.54) is 7.11 Å². The van der Waals surface area contributed by atoms with Gasteiger partial charge in [-0.3, -0.25) is 14.5 Å². The van der Waals surface area contributed by atoms with Gasteiger partial charge in [0.05, 0.1) is 13.7 Å². The van der Waals surface area contributed by atoms with Gasteiger partial charge in [0.1, 0.15) is 11.6 Å². The number of hydrogen-bond acceptors (Lipinski definition) is 5. The number of likely N-dealkylation sites (N-methyl/N-ethyl adjacent to an activating group) is 1. The number of cyclic esters (lactones) is 1. The van der Waals surface area contributed by atoms with Crippen molar-refractivity contribution in [3.8, 4) is 0 Å². The fraction of sp³-hybridized carbons (Fsp3) is 0.500. The van der Waals surface area contributed by atoms with Crippen LogP contribution < -0.4 is 0 Å². The van der Waals surface area contributed by atoms with Gasteiger partial charge >= 0.3 is 11.9 Å². The van der Waals surface area contributed by atoms with E-state index in [9.17, 15) is 9.59 Å². The summed E-state index contributed by atoms with van der Waals surface area (Å²) in [5, 5.41) is 0. The maximum absolute atomic E-state index is 12.3. The Morgan fingerprint density at radius 3 is 2.67 bits per heavy atom. The smallest absolute Gasteiger partial charge is 0.326 e. The van der Waals surface area contributed by atoms with Gasteiger partial charge in [0.25, 0.3) is 0 Å². The van der Waals surface area contributed by atoms with Crippen LogP contribution in [0.15, 0.2) is 30.3 Å². The van der Waals surface area contributed by atoms with E-state index in [2.05, 4.69) is 0 Å². The van der Waals surface area contributed by atoms with Crippen molar-refractivity contribution in [2.45, 2.75) is 24.4 Å². The molecule has 0 amide bonds. The van der Waals surface area contributed by atoms with Gasteiger partial charge < -0.3 is 9.47 Å². The fourth-order valence-electron chi connectivity index (χ4n) is 3.75. The number of benzene rings is 1. The van der Waals surface area contributed by atoms with Crippen molar-refractivity contribution in [1.29, 1.82) is 0 Å². The van der Waals surface area contributed by atoms with Crippen LogP contribution in [0.3, 0.4) is 0 Å². The number of rotatable bonds is 2. The third kappa shape index (κ3) is 1.80. The highest BCUT2D eigenvalue weighted by Gasteiger charge is 2.65. The average molecular weight is 289 g/mol. The first kappa shape index (κ1) is 14.1. The van der Waals surface area contributed by atoms with Crippen LogP contribution in [0.2, 0.25) is 0 Å². The monoisotopic (exact) mass is 289 g/mol. The quantitative estimate of drug-likeness (QED) is 0.766. The number of esters is 2. The molecule has 2 saturated heterocycles. The lowest BCUT2D eigenvalue weighted by atomic mass is 9.78. The Kier molecular flexibility index (Phi) is 3.24. The molecule has 1 aromatic rings. The van der Waals surface area contributed by atoms with Crippen LogP contribution in [0.5, 0.6) is 0 Å². The Hall–Kier alpha value is -1.88. The summed E-state index contributed by atoms with van der Waals surface area (Å²) in [4.78, 5) is 26.3. The molecule has 0 unspecified atom stereocenters. The number of fused-ring (bicyclic) bond motifs is 1. The molecule has 0 aromatic heterocycles. The molecule has 2 fully saturated rings. The maximum Gasteiger partial charge on any atom is 0.326 e. The van der Waals surface area contributed by atoms with Crippen LogP contribution in [-0.4, -0.2) is 49.2 Å². The molecule has 5 heteroatoms. The molecule has 2 aliphatic heterocycles. The summed E-state index contributed by atoms with van der Waals surface area (Å²) < 4.78 is 10.2. The van der Waals surface area contributed by atoms with Gasteiger partial charge in [-0.15, -0.1) is 0 Å². The summed E-state index contributed by atoms with van der Waals surface area (Å²) in [6.45, 7) is 2.19. The second-order valence-electron chi connectivity index (χ2n) is 5.87. The van der Waals surface area contributed by atoms with E-state index in [4.69, 9.17) is 9.47 Å². The van der Waals surface area contributed by atoms with E-state index >= 15 is 0 Å². The van der Waals surface area contributed by atoms with Crippen LogP contribution in [0.4, 0.5) is 0 Å². The number of methoxy groups -OCH3 is 1. The summed E-state index contributed by atoms with van der Waals surface area (Å²) in [6.07, 6.45) is 0. The van der Waals surface area contributed by atoms with Crippen molar-refractivity contribution >= 4 is 11.9 Å². The second kappa shape index (κ2) is 4.84. The van der Waals surface area contributed by atoms with Gasteiger partial charge in [0.15, 0.2) is 0 Å². The Balaban J connectivity index is 2.10. The molecule has 0 N–H and O–H groups in total. The zero-order valence-corrected chi connectivity index (χ0v) is 12.4. The van der Waals surface area contributed by atoms with Gasteiger partial charge in [-0.25, -0.2) is 0 Å². The minimum atomic E-state index is -0.778. The molecule has 3 rings (SSSR count). The first-order chi connectivity index (χ1) is 10.0. The lowest BCUT2D eigenvalue weighted by Gasteiger charge is -2.29. The highest BCUT2D eigenvalue weighted by atomic mass is 16.5. The molecule has 2 aliphatic rings. The van der Waals surface area contributed by atoms with E-state index in [1.807, 2.05) is 42.2 Å². The van der Waals surface area contributed by atoms with Gasteiger partial charge in [-0.1, -0.05) is 30.3 Å². The molecule has 0 radical (unpaired) electrons. The molecular formula is C16H19NO4. The topological polar surface area (TPSA) is 55.8 Å². The predicted molar refractivity (Wildman–Crippen MR) is 75.6 cm³/mol. The molecule has 0 bridgehead atoms. The number of carbonyl (C=O) groups is 2. The third-order valence-corrected chi connectivity index (χ3v) is 5.08. The predicted octanol–water partition coefficient (Wildman–Crippen LogP) is 1.19. The summed E-state index contributed by atoms with van der Waals surface area (Å²) >= 11 is 0. The standard InChI is InChI=1S/C16H19NO4/c1-16-11(9-21-15(16)19)12(10-7-5-4-6-8-10)13(17(16)2)14(18)20-3/h4-8,11-13H,9H2,1-3H3/t11-,12-,13-,16+/m0/s1. The SMILES string of the molecule is COC(=O)[C@@H]1[C@@H](c2ccccc2)[C@@H]2COC(=O)[C@]2(C)N1C. The molecule has 1 aromatic carbocycles. The summed E-state index contributed by atoms with van der Waals surface area (Å²) in [7, 11) is 3.18. The molecule has 2 heterocycles. The van der Waals surface area contributed by atoms with Crippen LogP contribution >= 0.6 is 0 Å². The largest absolute Gasteiger partial charge is 0.468 e. The molecule has 21 heavy (non-hydrogen) atoms. The first-order valence-electron chi connectivity index (χ1n) is 7.04. The highest BCUT2D eigenvalue weighted by Crippen LogP contribution is 2.51. The van der Waals surface area contributed by atoms with Gasteiger partial charge in [0.2, 0.25) is 0 Å². The maximum atomic E-state index is 12.3. The van der Waals surface area contributed by atoms with Crippen LogP contribution in [-0.2, 0) is 19.1 Å². The summed E-state index contributed by atoms with van der Waals surface area (Å²) in [5.41, 5.74) is 0.256. The van der Waals surface area contributed by atoms with E-state index in [0.717, 1.165) is 5.56 Å². The molecule has 0 saturated carbocycles. The lowest BCUT2D eigenvalue weighted by molar-refractivity contribution is -0.152. The Morgan fingerprint density at radius 2 is 2.05 bits per heavy atom. The van der Waals surface area contributed by atoms with E-state index < -0.39 is 11.6 Å². The van der Waals surface area contributed by atoms with Gasteiger partial charge in [-0.2, -0.15) is 0 Å². The summed E-state index contributed by atoms with van der Waals surface area (Å²) in [5.74, 6) is -0.737. The zero-order valence-electron chi connectivity index (χ0n) is 12.4. The van der Waals surface area contributed by atoms with Crippen molar-refractivity contribution in [3.05, 3.63) is 35.9 Å². The van der Waals surface area contributed by atoms with E-state index in [-0.39, 0.29) is 23.8 Å². The number of nitrogens with zero attached hydrogens (tertiary/aromatic N) is 1. The molecule has 5 nitrogen and oxygen atoms in total. The minimum absolute atomic E-state index is 0.0542. The van der Waals surface area contributed by atoms with Crippen LogP contribution in [0.1, 0.15) is 18.4 Å². The van der Waals surface area contributed by atoms with Crippen molar-refractivity contribution in [2.75, 3.05) is 20.8 Å². The van der Waals surface area contributed by atoms with Crippen molar-refractivity contribution < 1.29 is 19.1 Å². The Bertz CT molecular complexity index is 573. The van der Waals surface area contributed by atoms with E-state index in [0.29, 0.717) is 6.61 Å². The zero-order chi connectivity index (χ0) is 15.2. The normalized spacial score (nSPS) is 35.4. The lowest BCUT2D eigenvalue weighted by Crippen LogP contribution is -2.50. The van der Waals surface area contributed by atoms with E-state index in [1.54, 1.807) is 7.05 Å². The molecule has 4 atom stereocenters. The minimum Gasteiger partial charge on any atom is -0.468 e. The molecule has 112 valence electrons. The highest BCUT2D eigenvalue weighted by molar-refractivity contribution is 5.87. The third-order valence-electron chi connectivity index (χ3n) is 5.08. The van der Waals surface area contributed by atoms with Crippen LogP contribution in [0, 0.1) is 5.92 Å². The molecule has 0 spiro atoms. The fourth-order valence-corrected chi connectivity index (χ4v) is 3.75. The van der Waals surface area contributed by atoms with Crippen molar-refractivity contribution in [1.82, 2.24) is 4.90 Å². The first-order valence-corrected chi connectivity index (χ1v) is 7.04. The Labute approximate surface area is 123 Å². The van der Waals surface area contributed by atoms with Crippen LogP contribution in [0.25, 0.3) is 0 Å². The average Bonchev–Trinajstić information content (AvgIpc) is 2.92. The Morgan fingerprint density at radius 1 is 1.38 bits per heavy atom. The number of hydrogen-bond donors (Lipinski definition) is 0. The number of carbonyl (C=O) groups excluding carboxylic acids is 2. The molecular weight excluding hydrogens is 270 g/mol. The number of likely N-dealkylation sites (tertiary alicyclic amines) is 1. The van der Waals surface area contributed by atoms with Crippen molar-refractivity contribution in [3.63, 3.8) is 0 Å². The van der Waals surface area contributed by atoms with Gasteiger partial charge in [-0.05, 0) is 19.5 Å². The second-order valence-corrected chi connectivity index (χ2v) is 5.87. The number of ether oxygens (including phenoxy) is 2.